The van der Waals surface area contributed by atoms with Crippen LogP contribution in [0.2, 0.25) is 0 Å². The standard InChI is InChI=1S/C22H18N2O3/c1-17-9-8-14-20(22(17)24(26)27)23(19-12-6-3-7-13-19)21(25)16-15-18-10-4-2-5-11-18/h2-16H,1H3/b16-15+. The van der Waals surface area contributed by atoms with E-state index < -0.39 is 4.92 Å². The number of hydrogen-bond donors (Lipinski definition) is 0. The Morgan fingerprint density at radius 3 is 2.19 bits per heavy atom. The maximum atomic E-state index is 13.0. The van der Waals surface area contributed by atoms with Crippen molar-refractivity contribution in [2.75, 3.05) is 4.90 Å². The van der Waals surface area contributed by atoms with Crippen molar-refractivity contribution in [3.8, 4) is 0 Å². The highest BCUT2D eigenvalue weighted by atomic mass is 16.6. The van der Waals surface area contributed by atoms with Gasteiger partial charge in [0.05, 0.1) is 4.92 Å². The molecule has 5 heteroatoms. The van der Waals surface area contributed by atoms with E-state index in [0.717, 1.165) is 5.56 Å². The third-order valence-electron chi connectivity index (χ3n) is 4.09. The molecule has 0 unspecified atom stereocenters. The van der Waals surface area contributed by atoms with Crippen molar-refractivity contribution >= 4 is 29.0 Å². The van der Waals surface area contributed by atoms with E-state index in [2.05, 4.69) is 0 Å². The third-order valence-corrected chi connectivity index (χ3v) is 4.09. The number of nitro groups is 1. The zero-order valence-electron chi connectivity index (χ0n) is 14.8. The summed E-state index contributed by atoms with van der Waals surface area (Å²) in [5, 5.41) is 11.6. The maximum absolute atomic E-state index is 13.0. The van der Waals surface area contributed by atoms with Gasteiger partial charge in [-0.3, -0.25) is 19.8 Å². The Bertz CT molecular complexity index is 983. The molecule has 3 aromatic rings. The number of hydrogen-bond acceptors (Lipinski definition) is 3. The first kappa shape index (κ1) is 18.1. The topological polar surface area (TPSA) is 63.5 Å². The van der Waals surface area contributed by atoms with Gasteiger partial charge in [-0.2, -0.15) is 0 Å². The molecular weight excluding hydrogens is 340 g/mol. The maximum Gasteiger partial charge on any atom is 0.296 e. The Morgan fingerprint density at radius 1 is 0.926 bits per heavy atom. The van der Waals surface area contributed by atoms with E-state index >= 15 is 0 Å². The number of benzene rings is 3. The summed E-state index contributed by atoms with van der Waals surface area (Å²) in [4.78, 5) is 25.6. The molecule has 0 atom stereocenters. The summed E-state index contributed by atoms with van der Waals surface area (Å²) < 4.78 is 0. The first-order valence-corrected chi connectivity index (χ1v) is 8.44. The number of aryl methyl sites for hydroxylation is 1. The molecule has 0 N–H and O–H groups in total. The fourth-order valence-corrected chi connectivity index (χ4v) is 2.83. The van der Waals surface area contributed by atoms with Gasteiger partial charge in [-0.25, -0.2) is 0 Å². The summed E-state index contributed by atoms with van der Waals surface area (Å²) in [6.45, 7) is 1.66. The minimum atomic E-state index is -0.450. The summed E-state index contributed by atoms with van der Waals surface area (Å²) in [5.41, 5.74) is 2.10. The van der Waals surface area contributed by atoms with Gasteiger partial charge in [0.25, 0.3) is 11.6 Å². The van der Waals surface area contributed by atoms with Gasteiger partial charge >= 0.3 is 0 Å². The van der Waals surface area contributed by atoms with Crippen LogP contribution in [-0.2, 0) is 4.79 Å². The van der Waals surface area contributed by atoms with Gasteiger partial charge in [0.2, 0.25) is 0 Å². The number of amides is 1. The quantitative estimate of drug-likeness (QED) is 0.354. The summed E-state index contributed by atoms with van der Waals surface area (Å²) in [6, 6.07) is 23.3. The van der Waals surface area contributed by atoms with E-state index in [1.54, 1.807) is 55.5 Å². The Morgan fingerprint density at radius 2 is 1.56 bits per heavy atom. The van der Waals surface area contributed by atoms with E-state index in [1.165, 1.54) is 11.0 Å². The van der Waals surface area contributed by atoms with Gasteiger partial charge < -0.3 is 0 Å². The van der Waals surface area contributed by atoms with Gasteiger partial charge in [-0.1, -0.05) is 60.7 Å². The lowest BCUT2D eigenvalue weighted by Crippen LogP contribution is -2.24. The van der Waals surface area contributed by atoms with E-state index in [9.17, 15) is 14.9 Å². The molecule has 0 saturated carbocycles. The average molecular weight is 358 g/mol. The molecule has 0 aliphatic rings. The van der Waals surface area contributed by atoms with Crippen LogP contribution in [0.1, 0.15) is 11.1 Å². The van der Waals surface area contributed by atoms with Crippen LogP contribution in [0, 0.1) is 17.0 Å². The number of carbonyl (C=O) groups is 1. The number of nitro benzene ring substituents is 1. The lowest BCUT2D eigenvalue weighted by atomic mass is 10.1. The Balaban J connectivity index is 2.09. The SMILES string of the molecule is Cc1cccc(N(C(=O)/C=C/c2ccccc2)c2ccccc2)c1[N+](=O)[O-]. The highest BCUT2D eigenvalue weighted by Gasteiger charge is 2.26. The number of para-hydroxylation sites is 2. The number of rotatable bonds is 5. The zero-order chi connectivity index (χ0) is 19.2. The average Bonchev–Trinajstić information content (AvgIpc) is 2.68. The molecule has 3 aromatic carbocycles. The Hall–Kier alpha value is -3.73. The van der Waals surface area contributed by atoms with Crippen molar-refractivity contribution in [2.45, 2.75) is 6.92 Å². The second-order valence-corrected chi connectivity index (χ2v) is 5.95. The van der Waals surface area contributed by atoms with E-state index in [0.29, 0.717) is 11.3 Å². The van der Waals surface area contributed by atoms with Gasteiger partial charge in [0, 0.05) is 17.3 Å². The fraction of sp³-hybridized carbons (Fsp3) is 0.0455. The molecule has 0 aliphatic heterocycles. The molecule has 5 nitrogen and oxygen atoms in total. The zero-order valence-corrected chi connectivity index (χ0v) is 14.8. The Labute approximate surface area is 157 Å². The molecule has 0 spiro atoms. The summed E-state index contributed by atoms with van der Waals surface area (Å²) in [6.07, 6.45) is 3.12. The summed E-state index contributed by atoms with van der Waals surface area (Å²) in [7, 11) is 0. The van der Waals surface area contributed by atoms with Gasteiger partial charge in [0.15, 0.2) is 0 Å². The van der Waals surface area contributed by atoms with E-state index in [-0.39, 0.29) is 17.3 Å². The molecule has 1 amide bonds. The van der Waals surface area contributed by atoms with Crippen LogP contribution in [0.3, 0.4) is 0 Å². The fourth-order valence-electron chi connectivity index (χ4n) is 2.83. The summed E-state index contributed by atoms with van der Waals surface area (Å²) >= 11 is 0. The molecule has 0 heterocycles. The van der Waals surface area contributed by atoms with Crippen LogP contribution in [0.4, 0.5) is 17.1 Å². The van der Waals surface area contributed by atoms with E-state index in [1.807, 2.05) is 36.4 Å². The van der Waals surface area contributed by atoms with Crippen molar-refractivity contribution < 1.29 is 9.72 Å². The van der Waals surface area contributed by atoms with Crippen LogP contribution in [0.5, 0.6) is 0 Å². The highest BCUT2D eigenvalue weighted by Crippen LogP contribution is 2.36. The van der Waals surface area contributed by atoms with Crippen molar-refractivity contribution in [1.29, 1.82) is 0 Å². The molecule has 0 saturated heterocycles. The minimum absolute atomic E-state index is 0.0807. The molecule has 0 fully saturated rings. The molecule has 27 heavy (non-hydrogen) atoms. The molecular formula is C22H18N2O3. The summed E-state index contributed by atoms with van der Waals surface area (Å²) in [5.74, 6) is -0.362. The minimum Gasteiger partial charge on any atom is -0.271 e. The predicted octanol–water partition coefficient (Wildman–Crippen LogP) is 5.28. The van der Waals surface area contributed by atoms with Crippen molar-refractivity contribution in [3.63, 3.8) is 0 Å². The second-order valence-electron chi connectivity index (χ2n) is 5.95. The molecule has 0 radical (unpaired) electrons. The van der Waals surface area contributed by atoms with Crippen molar-refractivity contribution in [1.82, 2.24) is 0 Å². The molecule has 134 valence electrons. The van der Waals surface area contributed by atoms with Crippen LogP contribution in [-0.4, -0.2) is 10.8 Å². The monoisotopic (exact) mass is 358 g/mol. The second kappa shape index (κ2) is 8.10. The van der Waals surface area contributed by atoms with Crippen LogP contribution < -0.4 is 4.90 Å². The molecule has 3 rings (SSSR count). The number of anilines is 2. The number of carbonyl (C=O) groups excluding carboxylic acids is 1. The molecule has 0 aliphatic carbocycles. The largest absolute Gasteiger partial charge is 0.296 e. The predicted molar refractivity (Wildman–Crippen MR) is 107 cm³/mol. The first-order valence-electron chi connectivity index (χ1n) is 8.44. The third kappa shape index (κ3) is 4.10. The number of nitrogens with zero attached hydrogens (tertiary/aromatic N) is 2. The highest BCUT2D eigenvalue weighted by molar-refractivity contribution is 6.10. The smallest absolute Gasteiger partial charge is 0.271 e. The van der Waals surface area contributed by atoms with E-state index in [4.69, 9.17) is 0 Å². The van der Waals surface area contributed by atoms with Crippen molar-refractivity contribution in [3.05, 3.63) is 106 Å². The van der Waals surface area contributed by atoms with Gasteiger partial charge in [-0.05, 0) is 36.8 Å². The van der Waals surface area contributed by atoms with Crippen LogP contribution in [0.15, 0.2) is 84.9 Å². The first-order chi connectivity index (χ1) is 13.1. The van der Waals surface area contributed by atoms with Gasteiger partial charge in [0.1, 0.15) is 5.69 Å². The van der Waals surface area contributed by atoms with Gasteiger partial charge in [-0.15, -0.1) is 0 Å². The molecule has 0 bridgehead atoms. The lowest BCUT2D eigenvalue weighted by Gasteiger charge is -2.22. The van der Waals surface area contributed by atoms with Crippen molar-refractivity contribution in [2.24, 2.45) is 0 Å². The van der Waals surface area contributed by atoms with Crippen LogP contribution in [0.25, 0.3) is 6.08 Å². The van der Waals surface area contributed by atoms with Crippen LogP contribution >= 0.6 is 0 Å². The molecule has 0 aromatic heterocycles. The normalized spacial score (nSPS) is 10.7. The Kier molecular flexibility index (Phi) is 5.42. The lowest BCUT2D eigenvalue weighted by molar-refractivity contribution is -0.384.